The summed E-state index contributed by atoms with van der Waals surface area (Å²) in [6, 6.07) is -0.675. The molecule has 4 amide bonds. The predicted octanol–water partition coefficient (Wildman–Crippen LogP) is -0.610. The SMILES string of the molecule is CC(=NCC[NH+]1CCOCC1)C1C(=O)NC(=O)N(C2CCCCC2)C1=O. The van der Waals surface area contributed by atoms with Gasteiger partial charge in [0.2, 0.25) is 11.8 Å². The number of nitrogens with zero attached hydrogens (tertiary/aromatic N) is 2. The number of barbiturate groups is 1. The number of carbonyl (C=O) groups excluding carboxylic acids is 3. The number of nitrogens with one attached hydrogen (secondary N) is 2. The second-order valence-corrected chi connectivity index (χ2v) is 7.36. The average molecular weight is 365 g/mol. The van der Waals surface area contributed by atoms with Gasteiger partial charge < -0.3 is 9.64 Å². The van der Waals surface area contributed by atoms with Gasteiger partial charge in [-0.15, -0.1) is 0 Å². The van der Waals surface area contributed by atoms with Crippen LogP contribution < -0.4 is 10.2 Å². The lowest BCUT2D eigenvalue weighted by Gasteiger charge is -2.37. The molecule has 0 aromatic carbocycles. The Hall–Kier alpha value is -1.80. The number of ether oxygens (including phenoxy) is 1. The van der Waals surface area contributed by atoms with Crippen LogP contribution in [-0.2, 0) is 14.3 Å². The highest BCUT2D eigenvalue weighted by Gasteiger charge is 2.44. The molecule has 3 rings (SSSR count). The first-order valence-electron chi connectivity index (χ1n) is 9.68. The van der Waals surface area contributed by atoms with Gasteiger partial charge in [-0.25, -0.2) is 4.79 Å². The molecule has 0 radical (unpaired) electrons. The van der Waals surface area contributed by atoms with Crippen LogP contribution in [0.1, 0.15) is 39.0 Å². The van der Waals surface area contributed by atoms with Gasteiger partial charge >= 0.3 is 6.03 Å². The number of rotatable bonds is 5. The molecule has 1 saturated carbocycles. The van der Waals surface area contributed by atoms with Gasteiger partial charge in [0.15, 0.2) is 5.92 Å². The lowest BCUT2D eigenvalue weighted by molar-refractivity contribution is -0.906. The van der Waals surface area contributed by atoms with Crippen molar-refractivity contribution in [3.05, 3.63) is 0 Å². The van der Waals surface area contributed by atoms with Crippen molar-refractivity contribution in [2.75, 3.05) is 39.4 Å². The van der Waals surface area contributed by atoms with Gasteiger partial charge in [0.25, 0.3) is 0 Å². The molecule has 0 bridgehead atoms. The van der Waals surface area contributed by atoms with Crippen LogP contribution in [0.3, 0.4) is 0 Å². The van der Waals surface area contributed by atoms with Gasteiger partial charge in [0.1, 0.15) is 13.1 Å². The molecule has 3 aliphatic rings. The smallest absolute Gasteiger partial charge is 0.331 e. The number of morpholine rings is 1. The first kappa shape index (κ1) is 19.0. The first-order chi connectivity index (χ1) is 12.6. The van der Waals surface area contributed by atoms with Crippen molar-refractivity contribution in [2.24, 2.45) is 10.9 Å². The maximum atomic E-state index is 12.9. The minimum Gasteiger partial charge on any atom is -0.370 e. The van der Waals surface area contributed by atoms with Gasteiger partial charge in [0.05, 0.1) is 26.3 Å². The zero-order chi connectivity index (χ0) is 18.5. The normalized spacial score (nSPS) is 27.0. The van der Waals surface area contributed by atoms with Crippen LogP contribution >= 0.6 is 0 Å². The molecule has 1 unspecified atom stereocenters. The fraction of sp³-hybridized carbons (Fsp3) is 0.778. The number of aliphatic imine (C=N–C) groups is 1. The highest BCUT2D eigenvalue weighted by molar-refractivity contribution is 6.27. The maximum absolute atomic E-state index is 12.9. The zero-order valence-electron chi connectivity index (χ0n) is 15.5. The van der Waals surface area contributed by atoms with Crippen LogP contribution in [0.15, 0.2) is 4.99 Å². The Morgan fingerprint density at radius 3 is 2.58 bits per heavy atom. The van der Waals surface area contributed by atoms with Gasteiger partial charge in [-0.05, 0) is 19.8 Å². The number of hydrogen-bond acceptors (Lipinski definition) is 5. The second kappa shape index (κ2) is 8.73. The van der Waals surface area contributed by atoms with E-state index in [0.29, 0.717) is 12.3 Å². The van der Waals surface area contributed by atoms with E-state index in [1.165, 1.54) is 9.80 Å². The summed E-state index contributed by atoms with van der Waals surface area (Å²) in [7, 11) is 0. The molecule has 144 valence electrons. The maximum Gasteiger partial charge on any atom is 0.331 e. The topological polar surface area (TPSA) is 92.5 Å². The Morgan fingerprint density at radius 1 is 1.19 bits per heavy atom. The van der Waals surface area contributed by atoms with Crippen LogP contribution in [0.4, 0.5) is 4.79 Å². The van der Waals surface area contributed by atoms with Crippen LogP contribution in [0.5, 0.6) is 0 Å². The van der Waals surface area contributed by atoms with E-state index < -0.39 is 23.8 Å². The third kappa shape index (κ3) is 4.29. The van der Waals surface area contributed by atoms with Crippen molar-refractivity contribution in [3.63, 3.8) is 0 Å². The molecular weight excluding hydrogens is 336 g/mol. The standard InChI is InChI=1S/C18H28N4O4/c1-13(19-7-8-21-9-11-26-12-10-21)15-16(23)20-18(25)22(17(15)24)14-5-3-2-4-6-14/h14-15H,2-12H2,1H3,(H,20,23,25)/p+1. The Bertz CT molecular complexity index is 580. The van der Waals surface area contributed by atoms with Gasteiger partial charge in [-0.1, -0.05) is 19.3 Å². The van der Waals surface area contributed by atoms with E-state index in [2.05, 4.69) is 10.3 Å². The first-order valence-corrected chi connectivity index (χ1v) is 9.68. The second-order valence-electron chi connectivity index (χ2n) is 7.36. The molecule has 0 aromatic heterocycles. The molecule has 1 atom stereocenters. The highest BCUT2D eigenvalue weighted by Crippen LogP contribution is 2.26. The molecule has 26 heavy (non-hydrogen) atoms. The zero-order valence-corrected chi connectivity index (χ0v) is 15.5. The minimum atomic E-state index is -0.977. The van der Waals surface area contributed by atoms with Crippen molar-refractivity contribution >= 4 is 23.6 Å². The summed E-state index contributed by atoms with van der Waals surface area (Å²) in [5, 5.41) is 2.35. The van der Waals surface area contributed by atoms with E-state index in [9.17, 15) is 14.4 Å². The van der Waals surface area contributed by atoms with E-state index >= 15 is 0 Å². The van der Waals surface area contributed by atoms with E-state index in [1.54, 1.807) is 6.92 Å². The minimum absolute atomic E-state index is 0.0996. The number of hydrogen-bond donors (Lipinski definition) is 2. The monoisotopic (exact) mass is 365 g/mol. The molecule has 3 fully saturated rings. The van der Waals surface area contributed by atoms with Crippen LogP contribution in [0, 0.1) is 5.92 Å². The summed E-state index contributed by atoms with van der Waals surface area (Å²) in [4.78, 5) is 44.6. The molecule has 8 heteroatoms. The predicted molar refractivity (Wildman–Crippen MR) is 95.1 cm³/mol. The molecule has 2 N–H and O–H groups in total. The number of carbonyl (C=O) groups is 3. The Kier molecular flexibility index (Phi) is 6.37. The lowest BCUT2D eigenvalue weighted by atomic mass is 9.91. The summed E-state index contributed by atoms with van der Waals surface area (Å²) in [6.45, 7) is 6.58. The molecular formula is C18H29N4O4+. The van der Waals surface area contributed by atoms with Gasteiger partial charge in [-0.2, -0.15) is 0 Å². The fourth-order valence-electron chi connectivity index (χ4n) is 4.03. The third-order valence-corrected chi connectivity index (χ3v) is 5.58. The highest BCUT2D eigenvalue weighted by atomic mass is 16.5. The summed E-state index contributed by atoms with van der Waals surface area (Å²) < 4.78 is 5.34. The quantitative estimate of drug-likeness (QED) is 0.502. The Labute approximate surface area is 153 Å². The molecule has 2 aliphatic heterocycles. The average Bonchev–Trinajstić information content (AvgIpc) is 2.63. The van der Waals surface area contributed by atoms with Crippen LogP contribution in [0.25, 0.3) is 0 Å². The van der Waals surface area contributed by atoms with Crippen molar-refractivity contribution in [1.29, 1.82) is 0 Å². The lowest BCUT2D eigenvalue weighted by Crippen LogP contribution is -3.14. The van der Waals surface area contributed by atoms with E-state index in [4.69, 9.17) is 4.74 Å². The summed E-state index contributed by atoms with van der Waals surface area (Å²) in [5.41, 5.74) is 0.494. The molecule has 0 aromatic rings. The fourth-order valence-corrected chi connectivity index (χ4v) is 4.03. The van der Waals surface area contributed by atoms with Gasteiger partial charge in [0, 0.05) is 11.8 Å². The van der Waals surface area contributed by atoms with Crippen molar-refractivity contribution < 1.29 is 24.0 Å². The summed E-state index contributed by atoms with van der Waals surface area (Å²) >= 11 is 0. The molecule has 2 saturated heterocycles. The van der Waals surface area contributed by atoms with Crippen molar-refractivity contribution in [3.8, 4) is 0 Å². The summed E-state index contributed by atoms with van der Waals surface area (Å²) in [5.74, 6) is -1.94. The van der Waals surface area contributed by atoms with E-state index in [-0.39, 0.29) is 6.04 Å². The number of urea groups is 1. The number of quaternary nitrogens is 1. The van der Waals surface area contributed by atoms with Gasteiger partial charge in [-0.3, -0.25) is 24.8 Å². The van der Waals surface area contributed by atoms with Crippen molar-refractivity contribution in [1.82, 2.24) is 10.2 Å². The number of imide groups is 2. The Morgan fingerprint density at radius 2 is 1.88 bits per heavy atom. The van der Waals surface area contributed by atoms with E-state index in [0.717, 1.165) is 65.0 Å². The molecule has 8 nitrogen and oxygen atoms in total. The van der Waals surface area contributed by atoms with E-state index in [1.807, 2.05) is 0 Å². The largest absolute Gasteiger partial charge is 0.370 e. The summed E-state index contributed by atoms with van der Waals surface area (Å²) in [6.07, 6.45) is 4.78. The van der Waals surface area contributed by atoms with Crippen molar-refractivity contribution in [2.45, 2.75) is 45.1 Å². The third-order valence-electron chi connectivity index (χ3n) is 5.58. The molecule has 2 heterocycles. The van der Waals surface area contributed by atoms with Crippen LogP contribution in [-0.4, -0.2) is 73.9 Å². The molecule has 1 aliphatic carbocycles. The number of amides is 4. The van der Waals surface area contributed by atoms with Crippen LogP contribution in [0.2, 0.25) is 0 Å². The Balaban J connectivity index is 1.64. The molecule has 0 spiro atoms.